The summed E-state index contributed by atoms with van der Waals surface area (Å²) in [6.07, 6.45) is -0.271. The SMILES string of the molecule is CC(C)c1ccc(OC(C)c2nnc(SCC(=O)Nc3ccccc3)n2C(C)C)cc1. The van der Waals surface area contributed by atoms with Crippen molar-refractivity contribution < 1.29 is 9.53 Å². The summed E-state index contributed by atoms with van der Waals surface area (Å²) in [5.74, 6) is 2.20. The van der Waals surface area contributed by atoms with Crippen molar-refractivity contribution in [2.45, 2.75) is 57.8 Å². The highest BCUT2D eigenvalue weighted by Gasteiger charge is 2.22. The summed E-state index contributed by atoms with van der Waals surface area (Å²) in [5, 5.41) is 12.3. The van der Waals surface area contributed by atoms with Crippen LogP contribution in [-0.4, -0.2) is 26.4 Å². The smallest absolute Gasteiger partial charge is 0.234 e. The van der Waals surface area contributed by atoms with Gasteiger partial charge in [-0.05, 0) is 56.5 Å². The van der Waals surface area contributed by atoms with Crippen LogP contribution in [0, 0.1) is 0 Å². The lowest BCUT2D eigenvalue weighted by Gasteiger charge is -2.19. The molecule has 2 aromatic carbocycles. The average Bonchev–Trinajstić information content (AvgIpc) is 3.18. The average molecular weight is 439 g/mol. The van der Waals surface area contributed by atoms with Gasteiger partial charge in [0.15, 0.2) is 17.1 Å². The highest BCUT2D eigenvalue weighted by Crippen LogP contribution is 2.28. The molecular weight excluding hydrogens is 408 g/mol. The Bertz CT molecular complexity index is 985. The summed E-state index contributed by atoms with van der Waals surface area (Å²) in [5.41, 5.74) is 2.06. The molecule has 7 heteroatoms. The standard InChI is InChI=1S/C24H30N4O2S/c1-16(2)19-11-13-21(14-12-19)30-18(5)23-26-27-24(28(23)17(3)4)31-15-22(29)25-20-9-7-6-8-10-20/h6-14,16-18H,15H2,1-5H3,(H,25,29). The van der Waals surface area contributed by atoms with Gasteiger partial charge in [-0.15, -0.1) is 10.2 Å². The van der Waals surface area contributed by atoms with Gasteiger partial charge in [-0.25, -0.2) is 0 Å². The maximum Gasteiger partial charge on any atom is 0.234 e. The van der Waals surface area contributed by atoms with E-state index in [1.807, 2.05) is 54.0 Å². The number of thioether (sulfide) groups is 1. The minimum absolute atomic E-state index is 0.0782. The minimum atomic E-state index is -0.271. The molecule has 0 radical (unpaired) electrons. The van der Waals surface area contributed by atoms with Gasteiger partial charge in [-0.1, -0.05) is 55.9 Å². The monoisotopic (exact) mass is 438 g/mol. The summed E-state index contributed by atoms with van der Waals surface area (Å²) in [7, 11) is 0. The number of benzene rings is 2. The van der Waals surface area contributed by atoms with Gasteiger partial charge in [0.2, 0.25) is 5.91 Å². The summed E-state index contributed by atoms with van der Waals surface area (Å²) < 4.78 is 8.17. The number of anilines is 1. The quantitative estimate of drug-likeness (QED) is 0.424. The van der Waals surface area contributed by atoms with E-state index in [0.717, 1.165) is 17.3 Å². The van der Waals surface area contributed by atoms with Crippen LogP contribution in [0.3, 0.4) is 0 Å². The van der Waals surface area contributed by atoms with E-state index in [0.29, 0.717) is 11.1 Å². The lowest BCUT2D eigenvalue weighted by atomic mass is 10.0. The molecular formula is C24H30N4O2S. The predicted molar refractivity (Wildman–Crippen MR) is 126 cm³/mol. The van der Waals surface area contributed by atoms with E-state index in [-0.39, 0.29) is 23.8 Å². The van der Waals surface area contributed by atoms with Gasteiger partial charge < -0.3 is 14.6 Å². The number of aromatic nitrogens is 3. The second-order valence-corrected chi connectivity index (χ2v) is 8.93. The Balaban J connectivity index is 1.67. The number of hydrogen-bond donors (Lipinski definition) is 1. The number of para-hydroxylation sites is 1. The normalized spacial score (nSPS) is 12.2. The van der Waals surface area contributed by atoms with E-state index in [4.69, 9.17) is 4.74 Å². The molecule has 0 saturated carbocycles. The van der Waals surface area contributed by atoms with Gasteiger partial charge in [0, 0.05) is 11.7 Å². The summed E-state index contributed by atoms with van der Waals surface area (Å²) in [6.45, 7) is 10.5. The third-order valence-electron chi connectivity index (χ3n) is 4.82. The number of carbonyl (C=O) groups excluding carboxylic acids is 1. The first-order chi connectivity index (χ1) is 14.8. The zero-order chi connectivity index (χ0) is 22.4. The molecule has 164 valence electrons. The lowest BCUT2D eigenvalue weighted by Crippen LogP contribution is -2.16. The lowest BCUT2D eigenvalue weighted by molar-refractivity contribution is -0.113. The van der Waals surface area contributed by atoms with Crippen molar-refractivity contribution in [3.63, 3.8) is 0 Å². The predicted octanol–water partition coefficient (Wildman–Crippen LogP) is 5.85. The Labute approximate surface area is 188 Å². The van der Waals surface area contributed by atoms with Crippen LogP contribution in [0.1, 0.15) is 64.1 Å². The molecule has 0 saturated heterocycles. The van der Waals surface area contributed by atoms with Crippen LogP contribution in [0.2, 0.25) is 0 Å². The second kappa shape index (κ2) is 10.5. The van der Waals surface area contributed by atoms with E-state index in [1.165, 1.54) is 17.3 Å². The van der Waals surface area contributed by atoms with Crippen molar-refractivity contribution in [1.82, 2.24) is 14.8 Å². The zero-order valence-corrected chi connectivity index (χ0v) is 19.5. The number of hydrogen-bond acceptors (Lipinski definition) is 5. The largest absolute Gasteiger partial charge is 0.483 e. The number of carbonyl (C=O) groups is 1. The van der Waals surface area contributed by atoms with E-state index in [9.17, 15) is 4.79 Å². The summed E-state index contributed by atoms with van der Waals surface area (Å²) >= 11 is 1.37. The number of nitrogens with one attached hydrogen (secondary N) is 1. The van der Waals surface area contributed by atoms with Crippen LogP contribution < -0.4 is 10.1 Å². The Morgan fingerprint density at radius 2 is 1.68 bits per heavy atom. The van der Waals surface area contributed by atoms with Crippen LogP contribution in [0.5, 0.6) is 5.75 Å². The summed E-state index contributed by atoms with van der Waals surface area (Å²) in [4.78, 5) is 12.3. The highest BCUT2D eigenvalue weighted by atomic mass is 32.2. The van der Waals surface area contributed by atoms with Crippen LogP contribution in [0.15, 0.2) is 59.8 Å². The maximum absolute atomic E-state index is 12.3. The van der Waals surface area contributed by atoms with E-state index in [1.54, 1.807) is 0 Å². The number of amides is 1. The first-order valence-electron chi connectivity index (χ1n) is 10.5. The molecule has 1 unspecified atom stereocenters. The molecule has 0 spiro atoms. The fourth-order valence-electron chi connectivity index (χ4n) is 3.19. The first-order valence-corrected chi connectivity index (χ1v) is 11.5. The fourth-order valence-corrected chi connectivity index (χ4v) is 4.06. The zero-order valence-electron chi connectivity index (χ0n) is 18.7. The Hall–Kier alpha value is -2.80. The molecule has 1 atom stereocenters. The molecule has 1 N–H and O–H groups in total. The van der Waals surface area contributed by atoms with Crippen molar-refractivity contribution in [2.75, 3.05) is 11.1 Å². The van der Waals surface area contributed by atoms with Gasteiger partial charge in [-0.3, -0.25) is 4.79 Å². The van der Waals surface area contributed by atoms with Crippen LogP contribution in [0.4, 0.5) is 5.69 Å². The van der Waals surface area contributed by atoms with E-state index in [2.05, 4.69) is 55.3 Å². The minimum Gasteiger partial charge on any atom is -0.483 e. The third-order valence-corrected chi connectivity index (χ3v) is 5.76. The Morgan fingerprint density at radius 1 is 1.00 bits per heavy atom. The number of nitrogens with zero attached hydrogens (tertiary/aromatic N) is 3. The molecule has 1 aromatic heterocycles. The van der Waals surface area contributed by atoms with Crippen molar-refractivity contribution in [2.24, 2.45) is 0 Å². The molecule has 0 fully saturated rings. The van der Waals surface area contributed by atoms with Gasteiger partial charge in [0.25, 0.3) is 0 Å². The molecule has 0 aliphatic carbocycles. The Morgan fingerprint density at radius 3 is 2.29 bits per heavy atom. The molecule has 3 aromatic rings. The van der Waals surface area contributed by atoms with Gasteiger partial charge in [0.05, 0.1) is 5.75 Å². The van der Waals surface area contributed by atoms with Crippen molar-refractivity contribution >= 4 is 23.4 Å². The topological polar surface area (TPSA) is 69.0 Å². The molecule has 1 amide bonds. The van der Waals surface area contributed by atoms with Crippen molar-refractivity contribution in [1.29, 1.82) is 0 Å². The first kappa shape index (κ1) is 22.9. The van der Waals surface area contributed by atoms with Crippen LogP contribution >= 0.6 is 11.8 Å². The van der Waals surface area contributed by atoms with Crippen molar-refractivity contribution in [3.8, 4) is 5.75 Å². The van der Waals surface area contributed by atoms with Gasteiger partial charge >= 0.3 is 0 Å². The molecule has 1 heterocycles. The van der Waals surface area contributed by atoms with Gasteiger partial charge in [0.1, 0.15) is 5.75 Å². The second-order valence-electron chi connectivity index (χ2n) is 7.99. The maximum atomic E-state index is 12.3. The van der Waals surface area contributed by atoms with E-state index < -0.39 is 0 Å². The molecule has 0 aliphatic rings. The van der Waals surface area contributed by atoms with Crippen LogP contribution in [-0.2, 0) is 4.79 Å². The number of rotatable bonds is 9. The van der Waals surface area contributed by atoms with Crippen molar-refractivity contribution in [3.05, 3.63) is 66.0 Å². The highest BCUT2D eigenvalue weighted by molar-refractivity contribution is 7.99. The van der Waals surface area contributed by atoms with Gasteiger partial charge in [-0.2, -0.15) is 0 Å². The number of ether oxygens (including phenoxy) is 1. The fraction of sp³-hybridized carbons (Fsp3) is 0.375. The molecule has 31 heavy (non-hydrogen) atoms. The summed E-state index contributed by atoms with van der Waals surface area (Å²) in [6, 6.07) is 17.7. The molecule has 0 bridgehead atoms. The molecule has 6 nitrogen and oxygen atoms in total. The Kier molecular flexibility index (Phi) is 7.74. The molecule has 0 aliphatic heterocycles. The third kappa shape index (κ3) is 6.10. The van der Waals surface area contributed by atoms with E-state index >= 15 is 0 Å². The van der Waals surface area contributed by atoms with Crippen LogP contribution in [0.25, 0.3) is 0 Å². The molecule has 3 rings (SSSR count).